The molecule has 0 aromatic carbocycles. The second-order valence-electron chi connectivity index (χ2n) is 13.5. The standard InChI is InChI=1S/C36H58O11/c1-22(2)36-23(3)13-14-25(37)15-26(38)16-27(39)17-28(40)18-29(41)19-30(42)20-31(43)24(4)34-21-32(44)33(46-34)11-9-7-5-6-8-10-12-35(45)47-36/h5-14,22-34,36-44H,15-21H2,1-4H3/b7-5+,8-6+,11-9+,12-10+,14-13+/t23-,24+,25-,26-,27+,28-,29+,30+,31+,32+,33+,34-,36-/m0/s1. The van der Waals surface area contributed by atoms with Gasteiger partial charge >= 0.3 is 5.97 Å². The van der Waals surface area contributed by atoms with Crippen molar-refractivity contribution in [1.29, 1.82) is 0 Å². The first-order chi connectivity index (χ1) is 22.2. The van der Waals surface area contributed by atoms with E-state index in [0.717, 1.165) is 0 Å². The van der Waals surface area contributed by atoms with Crippen LogP contribution < -0.4 is 0 Å². The van der Waals surface area contributed by atoms with Crippen LogP contribution in [-0.2, 0) is 14.3 Å². The Morgan fingerprint density at radius 1 is 0.617 bits per heavy atom. The minimum Gasteiger partial charge on any atom is -0.458 e. The molecular formula is C36H58O11. The molecule has 13 atom stereocenters. The largest absolute Gasteiger partial charge is 0.458 e. The molecule has 2 heterocycles. The van der Waals surface area contributed by atoms with E-state index < -0.39 is 79.0 Å². The van der Waals surface area contributed by atoms with Gasteiger partial charge in [-0.1, -0.05) is 82.4 Å². The molecule has 11 heteroatoms. The van der Waals surface area contributed by atoms with Crippen molar-refractivity contribution in [3.63, 3.8) is 0 Å². The van der Waals surface area contributed by atoms with Crippen LogP contribution in [0.25, 0.3) is 0 Å². The van der Waals surface area contributed by atoms with Crippen LogP contribution >= 0.6 is 0 Å². The Morgan fingerprint density at radius 3 is 1.70 bits per heavy atom. The molecule has 8 N–H and O–H groups in total. The summed E-state index contributed by atoms with van der Waals surface area (Å²) >= 11 is 0. The van der Waals surface area contributed by atoms with Crippen molar-refractivity contribution in [2.24, 2.45) is 17.8 Å². The molecule has 2 rings (SSSR count). The maximum atomic E-state index is 12.5. The summed E-state index contributed by atoms with van der Waals surface area (Å²) in [7, 11) is 0. The number of aliphatic hydroxyl groups is 8. The second-order valence-corrected chi connectivity index (χ2v) is 13.5. The lowest BCUT2D eigenvalue weighted by Crippen LogP contribution is -2.34. The van der Waals surface area contributed by atoms with Gasteiger partial charge in [-0.25, -0.2) is 4.79 Å². The number of fused-ring (bicyclic) bond motifs is 2. The molecule has 2 aliphatic heterocycles. The van der Waals surface area contributed by atoms with Crippen molar-refractivity contribution >= 4 is 5.97 Å². The van der Waals surface area contributed by atoms with Crippen LogP contribution in [0, 0.1) is 17.8 Å². The molecule has 0 aromatic rings. The summed E-state index contributed by atoms with van der Waals surface area (Å²) in [4.78, 5) is 12.5. The Labute approximate surface area is 279 Å². The Hall–Kier alpha value is -2.19. The van der Waals surface area contributed by atoms with Gasteiger partial charge in [0, 0.05) is 30.8 Å². The zero-order valence-electron chi connectivity index (χ0n) is 28.1. The molecule has 1 saturated heterocycles. The highest BCUT2D eigenvalue weighted by Gasteiger charge is 2.38. The molecular weight excluding hydrogens is 608 g/mol. The van der Waals surface area contributed by atoms with Crippen LogP contribution in [0.5, 0.6) is 0 Å². The summed E-state index contributed by atoms with van der Waals surface area (Å²) in [6.45, 7) is 7.48. The Morgan fingerprint density at radius 2 is 1.13 bits per heavy atom. The molecule has 0 amide bonds. The van der Waals surface area contributed by atoms with Gasteiger partial charge in [0.1, 0.15) is 12.2 Å². The number of rotatable bonds is 1. The van der Waals surface area contributed by atoms with Crippen molar-refractivity contribution in [2.45, 2.75) is 140 Å². The maximum absolute atomic E-state index is 12.5. The molecule has 0 aliphatic carbocycles. The number of esters is 1. The van der Waals surface area contributed by atoms with Gasteiger partial charge in [-0.05, 0) is 38.0 Å². The Kier molecular flexibility index (Phi) is 18.3. The second kappa shape index (κ2) is 21.0. The van der Waals surface area contributed by atoms with Crippen molar-refractivity contribution in [3.05, 3.63) is 60.8 Å². The van der Waals surface area contributed by atoms with Gasteiger partial charge in [-0.3, -0.25) is 0 Å². The SMILES string of the molecule is CC(C)[C@@H]1OC(=O)/C=C/C=C/C=C/C=C/[C@H]2O[C@@H](C[C@H]2O)[C@H](C)[C@H](O)C[C@H](O)C[C@H](O)C[C@@H](O)C[C@H](O)C[C@@H](O)C[C@@H](O)/C=C/[C@@H]1C. The average Bonchev–Trinajstić information content (AvgIpc) is 3.34. The fourth-order valence-electron chi connectivity index (χ4n) is 6.07. The molecule has 268 valence electrons. The first kappa shape index (κ1) is 41.0. The normalized spacial score (nSPS) is 43.3. The van der Waals surface area contributed by atoms with Crippen molar-refractivity contribution in [1.82, 2.24) is 0 Å². The number of carbonyl (C=O) groups excluding carboxylic acids is 1. The number of hydrogen-bond acceptors (Lipinski definition) is 11. The Balaban J connectivity index is 2.14. The smallest absolute Gasteiger partial charge is 0.331 e. The molecule has 47 heavy (non-hydrogen) atoms. The lowest BCUT2D eigenvalue weighted by molar-refractivity contribution is -0.147. The van der Waals surface area contributed by atoms with Gasteiger partial charge in [0.05, 0.1) is 54.9 Å². The molecule has 1 fully saturated rings. The minimum atomic E-state index is -1.10. The third kappa shape index (κ3) is 15.7. The summed E-state index contributed by atoms with van der Waals surface area (Å²) in [5.74, 6) is -1.16. The number of allylic oxidation sites excluding steroid dienone is 6. The highest BCUT2D eigenvalue weighted by molar-refractivity contribution is 5.82. The predicted octanol–water partition coefficient (Wildman–Crippen LogP) is 2.01. The van der Waals surface area contributed by atoms with Gasteiger partial charge < -0.3 is 50.3 Å². The monoisotopic (exact) mass is 666 g/mol. The number of carbonyl (C=O) groups is 1. The Bertz CT molecular complexity index is 1050. The number of hydrogen-bond donors (Lipinski definition) is 8. The summed E-state index contributed by atoms with van der Waals surface area (Å²) in [5, 5.41) is 83.8. The quantitative estimate of drug-likeness (QED) is 0.151. The third-order valence-corrected chi connectivity index (χ3v) is 8.74. The topological polar surface area (TPSA) is 197 Å². The van der Waals surface area contributed by atoms with Crippen LogP contribution in [0.2, 0.25) is 0 Å². The van der Waals surface area contributed by atoms with Crippen LogP contribution in [0.3, 0.4) is 0 Å². The molecule has 0 unspecified atom stereocenters. The summed E-state index contributed by atoms with van der Waals surface area (Å²) < 4.78 is 11.6. The fraction of sp³-hybridized carbons (Fsp3) is 0.694. The summed E-state index contributed by atoms with van der Waals surface area (Å²) in [5.41, 5.74) is 0. The molecule has 0 aromatic heterocycles. The fourth-order valence-corrected chi connectivity index (χ4v) is 6.07. The van der Waals surface area contributed by atoms with E-state index in [1.807, 2.05) is 20.8 Å². The van der Waals surface area contributed by atoms with Crippen LogP contribution in [0.15, 0.2) is 60.8 Å². The van der Waals surface area contributed by atoms with E-state index in [1.54, 1.807) is 55.5 Å². The number of cyclic esters (lactones) is 1. The van der Waals surface area contributed by atoms with E-state index in [1.165, 1.54) is 12.2 Å². The van der Waals surface area contributed by atoms with Crippen molar-refractivity contribution < 1.29 is 55.1 Å². The average molecular weight is 667 g/mol. The van der Waals surface area contributed by atoms with E-state index in [0.29, 0.717) is 6.42 Å². The van der Waals surface area contributed by atoms with E-state index in [-0.39, 0.29) is 50.4 Å². The van der Waals surface area contributed by atoms with Crippen molar-refractivity contribution in [2.75, 3.05) is 0 Å². The lowest BCUT2D eigenvalue weighted by Gasteiger charge is -2.27. The van der Waals surface area contributed by atoms with Gasteiger partial charge in [-0.2, -0.15) is 0 Å². The van der Waals surface area contributed by atoms with Gasteiger partial charge in [0.2, 0.25) is 0 Å². The van der Waals surface area contributed by atoms with Crippen LogP contribution in [0.4, 0.5) is 0 Å². The summed E-state index contributed by atoms with van der Waals surface area (Å²) in [6, 6.07) is 0. The molecule has 11 nitrogen and oxygen atoms in total. The molecule has 2 bridgehead atoms. The zero-order valence-corrected chi connectivity index (χ0v) is 28.1. The van der Waals surface area contributed by atoms with Gasteiger partial charge in [0.25, 0.3) is 0 Å². The van der Waals surface area contributed by atoms with E-state index in [9.17, 15) is 45.6 Å². The number of ether oxygens (including phenoxy) is 2. The molecule has 2 aliphatic rings. The van der Waals surface area contributed by atoms with Gasteiger partial charge in [-0.15, -0.1) is 0 Å². The van der Waals surface area contributed by atoms with E-state index >= 15 is 0 Å². The van der Waals surface area contributed by atoms with Gasteiger partial charge in [0.15, 0.2) is 0 Å². The van der Waals surface area contributed by atoms with Crippen LogP contribution in [0.1, 0.15) is 72.6 Å². The maximum Gasteiger partial charge on any atom is 0.331 e. The highest BCUT2D eigenvalue weighted by atomic mass is 16.5. The predicted molar refractivity (Wildman–Crippen MR) is 178 cm³/mol. The molecule has 0 saturated carbocycles. The molecule has 0 radical (unpaired) electrons. The first-order valence-electron chi connectivity index (χ1n) is 16.8. The molecule has 0 spiro atoms. The first-order valence-corrected chi connectivity index (χ1v) is 16.8. The third-order valence-electron chi connectivity index (χ3n) is 8.74. The lowest BCUT2D eigenvalue weighted by atomic mass is 9.90. The van der Waals surface area contributed by atoms with E-state index in [2.05, 4.69) is 0 Å². The minimum absolute atomic E-state index is 0.00679. The van der Waals surface area contributed by atoms with Crippen molar-refractivity contribution in [3.8, 4) is 0 Å². The van der Waals surface area contributed by atoms with E-state index in [4.69, 9.17) is 9.47 Å². The number of aliphatic hydroxyl groups excluding tert-OH is 8. The highest BCUT2D eigenvalue weighted by Crippen LogP contribution is 2.30. The van der Waals surface area contributed by atoms with Crippen LogP contribution in [-0.4, -0.2) is 114 Å². The summed E-state index contributed by atoms with van der Waals surface area (Å²) in [6.07, 6.45) is 6.66. The zero-order chi connectivity index (χ0) is 35.1.